The van der Waals surface area contributed by atoms with Crippen molar-refractivity contribution in [3.8, 4) is 5.88 Å². The van der Waals surface area contributed by atoms with Gasteiger partial charge in [-0.2, -0.15) is 4.98 Å². The average Bonchev–Trinajstić information content (AvgIpc) is 2.18. The van der Waals surface area contributed by atoms with Crippen LogP contribution >= 0.6 is 11.6 Å². The first-order chi connectivity index (χ1) is 7.45. The molecule has 0 aliphatic heterocycles. The van der Waals surface area contributed by atoms with E-state index in [0.717, 1.165) is 0 Å². The highest BCUT2D eigenvalue weighted by atomic mass is 35.5. The van der Waals surface area contributed by atoms with Crippen molar-refractivity contribution in [1.82, 2.24) is 4.98 Å². The molecule has 86 valence electrons. The lowest BCUT2D eigenvalue weighted by molar-refractivity contribution is -0.385. The predicted molar refractivity (Wildman–Crippen MR) is 56.8 cm³/mol. The van der Waals surface area contributed by atoms with Crippen LogP contribution in [0.25, 0.3) is 0 Å². The van der Waals surface area contributed by atoms with Crippen LogP contribution in [0, 0.1) is 10.1 Å². The molecule has 6 nitrogen and oxygen atoms in total. The second-order valence-electron chi connectivity index (χ2n) is 3.10. The van der Waals surface area contributed by atoms with Gasteiger partial charge < -0.3 is 4.74 Å². The smallest absolute Gasteiger partial charge is 0.307 e. The summed E-state index contributed by atoms with van der Waals surface area (Å²) in [6, 6.07) is 1.20. The Kier molecular flexibility index (Phi) is 3.78. The number of rotatable bonds is 4. The molecule has 0 aliphatic carbocycles. The molecular weight excluding hydrogens is 236 g/mol. The Bertz CT molecular complexity index is 447. The third-order valence-corrected chi connectivity index (χ3v) is 2.10. The van der Waals surface area contributed by atoms with Crippen molar-refractivity contribution in [2.75, 3.05) is 7.11 Å². The molecule has 0 unspecified atom stereocenters. The molecule has 0 aromatic carbocycles. The maximum Gasteiger partial charge on any atom is 0.307 e. The molecule has 1 heterocycles. The number of ether oxygens (including phenoxy) is 1. The van der Waals surface area contributed by atoms with Crippen molar-refractivity contribution < 1.29 is 14.5 Å². The lowest BCUT2D eigenvalue weighted by Crippen LogP contribution is -2.03. The van der Waals surface area contributed by atoms with Crippen molar-refractivity contribution in [3.63, 3.8) is 0 Å². The van der Waals surface area contributed by atoms with Crippen LogP contribution in [0.4, 0.5) is 5.69 Å². The molecule has 0 aliphatic rings. The number of halogens is 1. The van der Waals surface area contributed by atoms with Crippen molar-refractivity contribution in [2.24, 2.45) is 0 Å². The minimum atomic E-state index is -0.654. The van der Waals surface area contributed by atoms with Crippen LogP contribution in [0.2, 0.25) is 5.15 Å². The summed E-state index contributed by atoms with van der Waals surface area (Å²) in [6.45, 7) is 1.37. The molecule has 0 saturated heterocycles. The lowest BCUT2D eigenvalue weighted by Gasteiger charge is -2.06. The van der Waals surface area contributed by atoms with E-state index in [1.54, 1.807) is 0 Å². The van der Waals surface area contributed by atoms with E-state index < -0.39 is 4.92 Å². The molecule has 1 aromatic rings. The molecule has 0 spiro atoms. The van der Waals surface area contributed by atoms with Gasteiger partial charge in [0.15, 0.2) is 0 Å². The van der Waals surface area contributed by atoms with Gasteiger partial charge in [0.05, 0.1) is 12.0 Å². The van der Waals surface area contributed by atoms with Gasteiger partial charge in [0.2, 0.25) is 11.0 Å². The van der Waals surface area contributed by atoms with E-state index in [1.807, 2.05) is 0 Å². The Balaban J connectivity index is 3.28. The SMILES string of the molecule is COc1nc(Cl)c([N+](=O)[O-])cc1CC(C)=O. The number of nitrogens with zero attached hydrogens (tertiary/aromatic N) is 2. The first kappa shape index (κ1) is 12.4. The summed E-state index contributed by atoms with van der Waals surface area (Å²) in [5.74, 6) is -0.0116. The van der Waals surface area contributed by atoms with Gasteiger partial charge in [-0.25, -0.2) is 0 Å². The molecule has 0 bridgehead atoms. The second kappa shape index (κ2) is 4.89. The van der Waals surface area contributed by atoms with Gasteiger partial charge in [-0.05, 0) is 6.92 Å². The van der Waals surface area contributed by atoms with Gasteiger partial charge in [0.1, 0.15) is 5.78 Å². The van der Waals surface area contributed by atoms with Crippen LogP contribution in [0.3, 0.4) is 0 Å². The first-order valence-corrected chi connectivity index (χ1v) is 4.70. The standard InChI is InChI=1S/C9H9ClN2O4/c1-5(13)3-6-4-7(12(14)15)8(10)11-9(6)16-2/h4H,3H2,1-2H3. The molecule has 0 amide bonds. The van der Waals surface area contributed by atoms with Crippen LogP contribution < -0.4 is 4.74 Å². The van der Waals surface area contributed by atoms with Crippen molar-refractivity contribution in [1.29, 1.82) is 0 Å². The second-order valence-corrected chi connectivity index (χ2v) is 3.46. The Hall–Kier alpha value is -1.69. The number of aromatic nitrogens is 1. The fourth-order valence-electron chi connectivity index (χ4n) is 1.20. The molecular formula is C9H9ClN2O4. The van der Waals surface area contributed by atoms with E-state index >= 15 is 0 Å². The van der Waals surface area contributed by atoms with Gasteiger partial charge >= 0.3 is 5.69 Å². The Morgan fingerprint density at radius 2 is 2.31 bits per heavy atom. The molecule has 0 atom stereocenters. The minimum Gasteiger partial charge on any atom is -0.481 e. The molecule has 1 aromatic heterocycles. The van der Waals surface area contributed by atoms with Gasteiger partial charge in [-0.15, -0.1) is 0 Å². The summed E-state index contributed by atoms with van der Waals surface area (Å²) in [5.41, 5.74) is 0.0183. The molecule has 7 heteroatoms. The number of hydrogen-bond donors (Lipinski definition) is 0. The maximum absolute atomic E-state index is 11.0. The largest absolute Gasteiger partial charge is 0.481 e. The van der Waals surface area contributed by atoms with Crippen molar-refractivity contribution in [2.45, 2.75) is 13.3 Å². The Morgan fingerprint density at radius 1 is 1.69 bits per heavy atom. The third-order valence-electron chi connectivity index (χ3n) is 1.83. The average molecular weight is 245 g/mol. The third kappa shape index (κ3) is 2.66. The van der Waals surface area contributed by atoms with Gasteiger partial charge in [-0.3, -0.25) is 14.9 Å². The van der Waals surface area contributed by atoms with E-state index in [0.29, 0.717) is 5.56 Å². The Morgan fingerprint density at radius 3 is 2.75 bits per heavy atom. The summed E-state index contributed by atoms with van der Waals surface area (Å²) in [7, 11) is 1.36. The van der Waals surface area contributed by atoms with Gasteiger partial charge in [0, 0.05) is 18.1 Å². The van der Waals surface area contributed by atoms with E-state index in [-0.39, 0.29) is 28.9 Å². The van der Waals surface area contributed by atoms with E-state index in [9.17, 15) is 14.9 Å². The van der Waals surface area contributed by atoms with Crippen molar-refractivity contribution in [3.05, 3.63) is 26.9 Å². The first-order valence-electron chi connectivity index (χ1n) is 4.33. The van der Waals surface area contributed by atoms with Gasteiger partial charge in [-0.1, -0.05) is 11.6 Å². The molecule has 0 radical (unpaired) electrons. The Labute approximate surface area is 96.3 Å². The van der Waals surface area contributed by atoms with E-state index in [2.05, 4.69) is 4.98 Å². The zero-order valence-corrected chi connectivity index (χ0v) is 9.45. The van der Waals surface area contributed by atoms with E-state index in [1.165, 1.54) is 20.1 Å². The van der Waals surface area contributed by atoms with E-state index in [4.69, 9.17) is 16.3 Å². The number of carbonyl (C=O) groups excluding carboxylic acids is 1. The molecule has 16 heavy (non-hydrogen) atoms. The predicted octanol–water partition coefficient (Wildman–Crippen LogP) is 1.78. The van der Waals surface area contributed by atoms with Crippen LogP contribution in [-0.4, -0.2) is 22.8 Å². The highest BCUT2D eigenvalue weighted by Gasteiger charge is 2.19. The number of Topliss-reactive ketones (excluding diaryl/α,β-unsaturated/α-hetero) is 1. The van der Waals surface area contributed by atoms with Crippen LogP contribution in [0.1, 0.15) is 12.5 Å². The quantitative estimate of drug-likeness (QED) is 0.458. The monoisotopic (exact) mass is 244 g/mol. The highest BCUT2D eigenvalue weighted by molar-refractivity contribution is 6.31. The molecule has 0 saturated carbocycles. The van der Waals surface area contributed by atoms with Gasteiger partial charge in [0.25, 0.3) is 0 Å². The molecule has 0 fully saturated rings. The minimum absolute atomic E-state index is 0.0220. The van der Waals surface area contributed by atoms with Crippen LogP contribution in [0.15, 0.2) is 6.07 Å². The normalized spacial score (nSPS) is 9.94. The topological polar surface area (TPSA) is 82.3 Å². The summed E-state index contributed by atoms with van der Waals surface area (Å²) in [6.07, 6.45) is 0.0220. The lowest BCUT2D eigenvalue weighted by atomic mass is 10.1. The number of ketones is 1. The highest BCUT2D eigenvalue weighted by Crippen LogP contribution is 2.28. The number of pyridine rings is 1. The number of methoxy groups -OCH3 is 1. The summed E-state index contributed by atoms with van der Waals surface area (Å²) < 4.78 is 4.89. The zero-order valence-electron chi connectivity index (χ0n) is 8.69. The maximum atomic E-state index is 11.0. The summed E-state index contributed by atoms with van der Waals surface area (Å²) >= 11 is 5.59. The van der Waals surface area contributed by atoms with Crippen LogP contribution in [0.5, 0.6) is 5.88 Å². The number of nitro groups is 1. The number of hydrogen-bond acceptors (Lipinski definition) is 5. The fourth-order valence-corrected chi connectivity index (χ4v) is 1.40. The fraction of sp³-hybridized carbons (Fsp3) is 0.333. The molecule has 1 rings (SSSR count). The van der Waals surface area contributed by atoms with Crippen LogP contribution in [-0.2, 0) is 11.2 Å². The summed E-state index contributed by atoms with van der Waals surface area (Å²) in [5, 5.41) is 10.4. The summed E-state index contributed by atoms with van der Waals surface area (Å²) in [4.78, 5) is 24.6. The number of carbonyl (C=O) groups is 1. The zero-order chi connectivity index (χ0) is 12.3. The molecule has 0 N–H and O–H groups in total. The van der Waals surface area contributed by atoms with Crippen molar-refractivity contribution >= 4 is 23.1 Å².